The van der Waals surface area contributed by atoms with Gasteiger partial charge in [0, 0.05) is 24.8 Å². The summed E-state index contributed by atoms with van der Waals surface area (Å²) in [5.74, 6) is 0. The Hall–Kier alpha value is -2.06. The van der Waals surface area contributed by atoms with Crippen molar-refractivity contribution >= 4 is 10.9 Å². The fourth-order valence-corrected chi connectivity index (χ4v) is 2.78. The third kappa shape index (κ3) is 2.23. The van der Waals surface area contributed by atoms with Crippen LogP contribution in [0.2, 0.25) is 0 Å². The molecule has 0 saturated heterocycles. The Morgan fingerprint density at radius 3 is 2.45 bits per heavy atom. The maximum absolute atomic E-state index is 5.70. The van der Waals surface area contributed by atoms with Crippen LogP contribution in [0.5, 0.6) is 0 Å². The molecule has 0 unspecified atom stereocenters. The molecule has 2 nitrogen and oxygen atoms in total. The Balaban J connectivity index is 2.03. The lowest BCUT2D eigenvalue weighted by Gasteiger charge is -2.12. The zero-order chi connectivity index (χ0) is 14.1. The first-order valence-electron chi connectivity index (χ1n) is 7.02. The lowest BCUT2D eigenvalue weighted by atomic mass is 10.0. The van der Waals surface area contributed by atoms with Crippen molar-refractivity contribution in [3.05, 3.63) is 70.9 Å². The van der Waals surface area contributed by atoms with E-state index in [0.29, 0.717) is 6.54 Å². The lowest BCUT2D eigenvalue weighted by Crippen LogP contribution is -2.02. The topological polar surface area (TPSA) is 30.9 Å². The van der Waals surface area contributed by atoms with Gasteiger partial charge in [0.05, 0.1) is 0 Å². The van der Waals surface area contributed by atoms with Gasteiger partial charge in [0.25, 0.3) is 0 Å². The van der Waals surface area contributed by atoms with Crippen molar-refractivity contribution in [3.63, 3.8) is 0 Å². The van der Waals surface area contributed by atoms with Gasteiger partial charge in [0.15, 0.2) is 0 Å². The molecule has 0 saturated carbocycles. The Labute approximate surface area is 119 Å². The molecule has 0 amide bonds. The smallest absolute Gasteiger partial charge is 0.0483 e. The van der Waals surface area contributed by atoms with Gasteiger partial charge in [-0.05, 0) is 59.7 Å². The van der Waals surface area contributed by atoms with Gasteiger partial charge >= 0.3 is 0 Å². The number of nitrogens with zero attached hydrogens (tertiary/aromatic N) is 1. The van der Waals surface area contributed by atoms with E-state index in [2.05, 4.69) is 67.1 Å². The number of aromatic nitrogens is 1. The van der Waals surface area contributed by atoms with Gasteiger partial charge < -0.3 is 10.3 Å². The van der Waals surface area contributed by atoms with Gasteiger partial charge in [-0.25, -0.2) is 0 Å². The van der Waals surface area contributed by atoms with Crippen LogP contribution in [0.25, 0.3) is 10.9 Å². The first-order valence-corrected chi connectivity index (χ1v) is 7.02. The average Bonchev–Trinajstić information content (AvgIpc) is 2.85. The molecular weight excluding hydrogens is 244 g/mol. The second-order valence-electron chi connectivity index (χ2n) is 5.41. The molecule has 2 aromatic carbocycles. The number of rotatable bonds is 3. The van der Waals surface area contributed by atoms with E-state index in [4.69, 9.17) is 5.73 Å². The second-order valence-corrected chi connectivity index (χ2v) is 5.41. The molecule has 1 heterocycles. The maximum Gasteiger partial charge on any atom is 0.0483 e. The number of hydrogen-bond donors (Lipinski definition) is 1. The normalized spacial score (nSPS) is 11.2. The molecule has 0 aliphatic rings. The Morgan fingerprint density at radius 2 is 1.75 bits per heavy atom. The van der Waals surface area contributed by atoms with Crippen molar-refractivity contribution in [1.82, 2.24) is 4.57 Å². The Morgan fingerprint density at radius 1 is 1.00 bits per heavy atom. The Kier molecular flexibility index (Phi) is 3.33. The van der Waals surface area contributed by atoms with Gasteiger partial charge in [-0.15, -0.1) is 0 Å². The summed E-state index contributed by atoms with van der Waals surface area (Å²) in [6.07, 6.45) is 2.16. The number of hydrogen-bond acceptors (Lipinski definition) is 1. The summed E-state index contributed by atoms with van der Waals surface area (Å²) < 4.78 is 2.31. The van der Waals surface area contributed by atoms with Crippen LogP contribution in [-0.2, 0) is 13.1 Å². The molecule has 3 rings (SSSR count). The molecule has 3 aromatic rings. The van der Waals surface area contributed by atoms with Crippen LogP contribution in [0.3, 0.4) is 0 Å². The van der Waals surface area contributed by atoms with Gasteiger partial charge in [0.1, 0.15) is 0 Å². The number of nitrogens with two attached hydrogens (primary N) is 1. The average molecular weight is 264 g/mol. The quantitative estimate of drug-likeness (QED) is 0.767. The molecule has 1 aromatic heterocycles. The summed E-state index contributed by atoms with van der Waals surface area (Å²) in [4.78, 5) is 0. The number of fused-ring (bicyclic) bond motifs is 1. The highest BCUT2D eigenvalue weighted by Crippen LogP contribution is 2.21. The van der Waals surface area contributed by atoms with E-state index in [1.54, 1.807) is 0 Å². The standard InChI is InChI=1S/C18H20N2/c1-13-4-3-5-14(2)17(13)12-20-9-8-16-10-15(11-19)6-7-18(16)20/h3-10H,11-12,19H2,1-2H3. The third-order valence-corrected chi connectivity index (χ3v) is 4.04. The van der Waals surface area contributed by atoms with Crippen LogP contribution in [0, 0.1) is 13.8 Å². The van der Waals surface area contributed by atoms with Crippen molar-refractivity contribution in [1.29, 1.82) is 0 Å². The van der Waals surface area contributed by atoms with Gasteiger partial charge in [-0.1, -0.05) is 24.3 Å². The van der Waals surface area contributed by atoms with Crippen LogP contribution in [0.15, 0.2) is 48.7 Å². The largest absolute Gasteiger partial charge is 0.343 e. The monoisotopic (exact) mass is 264 g/mol. The van der Waals surface area contributed by atoms with E-state index in [1.807, 2.05) is 0 Å². The van der Waals surface area contributed by atoms with Crippen molar-refractivity contribution < 1.29 is 0 Å². The van der Waals surface area contributed by atoms with Gasteiger partial charge in [0.2, 0.25) is 0 Å². The molecular formula is C18H20N2. The minimum Gasteiger partial charge on any atom is -0.343 e. The summed E-state index contributed by atoms with van der Waals surface area (Å²) in [6, 6.07) is 15.1. The van der Waals surface area contributed by atoms with Gasteiger partial charge in [-0.3, -0.25) is 0 Å². The molecule has 2 heteroatoms. The second kappa shape index (κ2) is 5.14. The molecule has 0 aliphatic heterocycles. The van der Waals surface area contributed by atoms with E-state index < -0.39 is 0 Å². The fourth-order valence-electron chi connectivity index (χ4n) is 2.78. The van der Waals surface area contributed by atoms with E-state index >= 15 is 0 Å². The molecule has 0 spiro atoms. The van der Waals surface area contributed by atoms with E-state index in [9.17, 15) is 0 Å². The summed E-state index contributed by atoms with van der Waals surface area (Å²) >= 11 is 0. The number of aryl methyl sites for hydroxylation is 2. The van der Waals surface area contributed by atoms with Crippen LogP contribution in [0.4, 0.5) is 0 Å². The highest BCUT2D eigenvalue weighted by Gasteiger charge is 2.06. The molecule has 102 valence electrons. The first kappa shape index (κ1) is 12.9. The molecule has 2 N–H and O–H groups in total. The molecule has 0 aliphatic carbocycles. The molecule has 0 radical (unpaired) electrons. The van der Waals surface area contributed by atoms with Crippen molar-refractivity contribution in [2.75, 3.05) is 0 Å². The molecule has 0 fully saturated rings. The number of benzene rings is 2. The third-order valence-electron chi connectivity index (χ3n) is 4.04. The zero-order valence-corrected chi connectivity index (χ0v) is 12.1. The Bertz CT molecular complexity index is 733. The first-order chi connectivity index (χ1) is 9.69. The minimum absolute atomic E-state index is 0.595. The predicted octanol–water partition coefficient (Wildman–Crippen LogP) is 3.77. The lowest BCUT2D eigenvalue weighted by molar-refractivity contribution is 0.823. The highest BCUT2D eigenvalue weighted by atomic mass is 14.9. The van der Waals surface area contributed by atoms with Crippen LogP contribution in [0.1, 0.15) is 22.3 Å². The van der Waals surface area contributed by atoms with E-state index in [-0.39, 0.29) is 0 Å². The zero-order valence-electron chi connectivity index (χ0n) is 12.1. The van der Waals surface area contributed by atoms with Crippen LogP contribution < -0.4 is 5.73 Å². The summed E-state index contributed by atoms with van der Waals surface area (Å²) in [5, 5.41) is 1.26. The highest BCUT2D eigenvalue weighted by molar-refractivity contribution is 5.81. The minimum atomic E-state index is 0.595. The fraction of sp³-hybridized carbons (Fsp3) is 0.222. The van der Waals surface area contributed by atoms with Crippen LogP contribution in [-0.4, -0.2) is 4.57 Å². The van der Waals surface area contributed by atoms with E-state index in [1.165, 1.54) is 33.2 Å². The summed E-state index contributed by atoms with van der Waals surface area (Å²) in [5.41, 5.74) is 12.3. The van der Waals surface area contributed by atoms with Gasteiger partial charge in [-0.2, -0.15) is 0 Å². The van der Waals surface area contributed by atoms with Crippen molar-refractivity contribution in [2.45, 2.75) is 26.9 Å². The SMILES string of the molecule is Cc1cccc(C)c1Cn1ccc2cc(CN)ccc21. The van der Waals surface area contributed by atoms with Crippen molar-refractivity contribution in [2.24, 2.45) is 5.73 Å². The maximum atomic E-state index is 5.70. The van der Waals surface area contributed by atoms with Crippen molar-refractivity contribution in [3.8, 4) is 0 Å². The molecule has 0 bridgehead atoms. The summed E-state index contributed by atoms with van der Waals surface area (Å²) in [6.45, 7) is 5.88. The van der Waals surface area contributed by atoms with Crippen LogP contribution >= 0.6 is 0 Å². The predicted molar refractivity (Wildman–Crippen MR) is 84.8 cm³/mol. The summed E-state index contributed by atoms with van der Waals surface area (Å²) in [7, 11) is 0. The molecule has 0 atom stereocenters. The van der Waals surface area contributed by atoms with E-state index in [0.717, 1.165) is 6.54 Å². The molecule has 20 heavy (non-hydrogen) atoms.